The molecule has 6 nitrogen and oxygen atoms in total. The van der Waals surface area contributed by atoms with Crippen LogP contribution >= 0.6 is 0 Å². The van der Waals surface area contributed by atoms with Crippen molar-refractivity contribution < 1.29 is 19.1 Å². The van der Waals surface area contributed by atoms with Crippen molar-refractivity contribution in [2.24, 2.45) is 0 Å². The second-order valence-electron chi connectivity index (χ2n) is 3.99. The summed E-state index contributed by atoms with van der Waals surface area (Å²) in [6, 6.07) is 2.88. The molecule has 100 valence electrons. The number of aliphatic hydroxyl groups is 1. The lowest BCUT2D eigenvalue weighted by Gasteiger charge is -2.18. The van der Waals surface area contributed by atoms with Crippen LogP contribution < -0.4 is 5.32 Å². The van der Waals surface area contributed by atoms with Crippen LogP contribution in [-0.4, -0.2) is 48.1 Å². The fraction of sp³-hybridized carbons (Fsp3) is 0.500. The zero-order valence-corrected chi connectivity index (χ0v) is 10.5. The van der Waals surface area contributed by atoms with Crippen LogP contribution in [0.2, 0.25) is 0 Å². The first kappa shape index (κ1) is 14.2. The fourth-order valence-electron chi connectivity index (χ4n) is 1.43. The average Bonchev–Trinajstić information content (AvgIpc) is 2.88. The standard InChI is InChI=1S/C12H18N2O4/c1-3-9(8-15)13-11(16)7-14(2)12(17)10-5-4-6-18-10/h4-6,9,15H,3,7-8H2,1-2H3,(H,13,16)/t9-/m1/s1. The number of rotatable bonds is 6. The summed E-state index contributed by atoms with van der Waals surface area (Å²) in [5.41, 5.74) is 0. The van der Waals surface area contributed by atoms with Crippen LogP contribution in [0.15, 0.2) is 22.8 Å². The molecule has 1 aromatic heterocycles. The molecule has 0 radical (unpaired) electrons. The summed E-state index contributed by atoms with van der Waals surface area (Å²) in [5.74, 6) is -0.468. The van der Waals surface area contributed by atoms with E-state index < -0.39 is 0 Å². The van der Waals surface area contributed by atoms with E-state index in [9.17, 15) is 9.59 Å². The molecule has 0 unspecified atom stereocenters. The minimum absolute atomic E-state index is 0.0734. The maximum Gasteiger partial charge on any atom is 0.289 e. The predicted molar refractivity (Wildman–Crippen MR) is 65.0 cm³/mol. The third-order valence-electron chi connectivity index (χ3n) is 2.54. The van der Waals surface area contributed by atoms with Crippen molar-refractivity contribution in [1.29, 1.82) is 0 Å². The highest BCUT2D eigenvalue weighted by Gasteiger charge is 2.18. The monoisotopic (exact) mass is 254 g/mol. The van der Waals surface area contributed by atoms with Gasteiger partial charge in [0.2, 0.25) is 5.91 Å². The average molecular weight is 254 g/mol. The van der Waals surface area contributed by atoms with Gasteiger partial charge in [-0.15, -0.1) is 0 Å². The number of aliphatic hydroxyl groups excluding tert-OH is 1. The van der Waals surface area contributed by atoms with Crippen molar-refractivity contribution in [3.8, 4) is 0 Å². The van der Waals surface area contributed by atoms with Crippen LogP contribution in [-0.2, 0) is 4.79 Å². The Kier molecular flexibility index (Phi) is 5.38. The summed E-state index contributed by atoms with van der Waals surface area (Å²) in [5, 5.41) is 11.6. The number of hydrogen-bond acceptors (Lipinski definition) is 4. The molecule has 0 saturated carbocycles. The first-order chi connectivity index (χ1) is 8.58. The highest BCUT2D eigenvalue weighted by molar-refractivity contribution is 5.94. The summed E-state index contributed by atoms with van der Waals surface area (Å²) in [4.78, 5) is 24.6. The lowest BCUT2D eigenvalue weighted by atomic mass is 10.2. The van der Waals surface area contributed by atoms with Gasteiger partial charge < -0.3 is 19.7 Å². The molecule has 6 heteroatoms. The van der Waals surface area contributed by atoms with Crippen molar-refractivity contribution >= 4 is 11.8 Å². The molecule has 0 spiro atoms. The van der Waals surface area contributed by atoms with Gasteiger partial charge in [0, 0.05) is 7.05 Å². The van der Waals surface area contributed by atoms with Crippen molar-refractivity contribution in [3.05, 3.63) is 24.2 Å². The molecular weight excluding hydrogens is 236 g/mol. The van der Waals surface area contributed by atoms with Crippen molar-refractivity contribution in [1.82, 2.24) is 10.2 Å². The Morgan fingerprint density at radius 3 is 2.78 bits per heavy atom. The molecule has 18 heavy (non-hydrogen) atoms. The first-order valence-electron chi connectivity index (χ1n) is 5.77. The van der Waals surface area contributed by atoms with Gasteiger partial charge in [0.05, 0.1) is 25.5 Å². The second-order valence-corrected chi connectivity index (χ2v) is 3.99. The Morgan fingerprint density at radius 1 is 1.56 bits per heavy atom. The van der Waals surface area contributed by atoms with Crippen LogP contribution in [0.4, 0.5) is 0 Å². The van der Waals surface area contributed by atoms with E-state index in [4.69, 9.17) is 9.52 Å². The highest BCUT2D eigenvalue weighted by atomic mass is 16.3. The lowest BCUT2D eigenvalue weighted by molar-refractivity contribution is -0.122. The first-order valence-corrected chi connectivity index (χ1v) is 5.77. The maximum absolute atomic E-state index is 11.8. The third kappa shape index (κ3) is 3.89. The van der Waals surface area contributed by atoms with Gasteiger partial charge in [-0.25, -0.2) is 0 Å². The Morgan fingerprint density at radius 2 is 2.28 bits per heavy atom. The largest absolute Gasteiger partial charge is 0.459 e. The molecule has 0 aliphatic carbocycles. The van der Waals surface area contributed by atoms with Gasteiger partial charge in [0.15, 0.2) is 5.76 Å². The Balaban J connectivity index is 2.47. The number of likely N-dealkylation sites (N-methyl/N-ethyl adjacent to an activating group) is 1. The molecular formula is C12H18N2O4. The lowest BCUT2D eigenvalue weighted by Crippen LogP contribution is -2.43. The molecule has 1 rings (SSSR count). The van der Waals surface area contributed by atoms with Crippen LogP contribution in [0.25, 0.3) is 0 Å². The van der Waals surface area contributed by atoms with Crippen LogP contribution in [0.3, 0.4) is 0 Å². The summed E-state index contributed by atoms with van der Waals surface area (Å²) in [6.07, 6.45) is 2.04. The molecule has 0 aliphatic heterocycles. The number of carbonyl (C=O) groups excluding carboxylic acids is 2. The zero-order valence-electron chi connectivity index (χ0n) is 10.5. The Hall–Kier alpha value is -1.82. The molecule has 2 N–H and O–H groups in total. The molecule has 1 atom stereocenters. The van der Waals surface area contributed by atoms with Crippen LogP contribution in [0, 0.1) is 0 Å². The summed E-state index contributed by atoms with van der Waals surface area (Å²) < 4.78 is 4.96. The van der Waals surface area contributed by atoms with E-state index in [-0.39, 0.29) is 36.8 Å². The minimum atomic E-state index is -0.354. The van der Waals surface area contributed by atoms with Gasteiger partial charge in [0.25, 0.3) is 5.91 Å². The highest BCUT2D eigenvalue weighted by Crippen LogP contribution is 2.03. The molecule has 0 aliphatic rings. The molecule has 1 heterocycles. The molecule has 0 aromatic carbocycles. The van der Waals surface area contributed by atoms with Crippen molar-refractivity contribution in [2.75, 3.05) is 20.2 Å². The number of furan rings is 1. The summed E-state index contributed by atoms with van der Waals surface area (Å²) in [6.45, 7) is 1.67. The number of amides is 2. The smallest absolute Gasteiger partial charge is 0.289 e. The van der Waals surface area contributed by atoms with E-state index in [1.54, 1.807) is 12.1 Å². The quantitative estimate of drug-likeness (QED) is 0.761. The van der Waals surface area contributed by atoms with E-state index in [2.05, 4.69) is 5.32 Å². The van der Waals surface area contributed by atoms with Gasteiger partial charge in [-0.05, 0) is 18.6 Å². The molecule has 0 saturated heterocycles. The Labute approximate surface area is 106 Å². The fourth-order valence-corrected chi connectivity index (χ4v) is 1.43. The van der Waals surface area contributed by atoms with Gasteiger partial charge in [-0.3, -0.25) is 9.59 Å². The number of hydrogen-bond donors (Lipinski definition) is 2. The van der Waals surface area contributed by atoms with E-state index in [1.165, 1.54) is 18.2 Å². The summed E-state index contributed by atoms with van der Waals surface area (Å²) >= 11 is 0. The van der Waals surface area contributed by atoms with Gasteiger partial charge in [-0.1, -0.05) is 6.92 Å². The van der Waals surface area contributed by atoms with E-state index in [0.717, 1.165) is 0 Å². The van der Waals surface area contributed by atoms with E-state index in [0.29, 0.717) is 6.42 Å². The van der Waals surface area contributed by atoms with Crippen LogP contribution in [0.5, 0.6) is 0 Å². The van der Waals surface area contributed by atoms with E-state index >= 15 is 0 Å². The zero-order chi connectivity index (χ0) is 13.5. The van der Waals surface area contributed by atoms with Crippen molar-refractivity contribution in [2.45, 2.75) is 19.4 Å². The maximum atomic E-state index is 11.8. The van der Waals surface area contributed by atoms with Gasteiger partial charge in [0.1, 0.15) is 0 Å². The second kappa shape index (κ2) is 6.80. The summed E-state index contributed by atoms with van der Waals surface area (Å²) in [7, 11) is 1.52. The SMILES string of the molecule is CC[C@H](CO)NC(=O)CN(C)C(=O)c1ccco1. The third-order valence-corrected chi connectivity index (χ3v) is 2.54. The molecule has 0 fully saturated rings. The number of nitrogens with zero attached hydrogens (tertiary/aromatic N) is 1. The van der Waals surface area contributed by atoms with Gasteiger partial charge >= 0.3 is 0 Å². The van der Waals surface area contributed by atoms with E-state index in [1.807, 2.05) is 6.92 Å². The minimum Gasteiger partial charge on any atom is -0.459 e. The normalized spacial score (nSPS) is 11.9. The molecule has 2 amide bonds. The topological polar surface area (TPSA) is 82.8 Å². The van der Waals surface area contributed by atoms with Crippen molar-refractivity contribution in [3.63, 3.8) is 0 Å². The number of carbonyl (C=O) groups is 2. The van der Waals surface area contributed by atoms with Crippen LogP contribution in [0.1, 0.15) is 23.9 Å². The molecule has 0 bridgehead atoms. The number of nitrogens with one attached hydrogen (secondary N) is 1. The van der Waals surface area contributed by atoms with Gasteiger partial charge in [-0.2, -0.15) is 0 Å². The Bertz CT molecular complexity index is 385. The predicted octanol–water partition coefficient (Wildman–Crippen LogP) is 0.239. The molecule has 1 aromatic rings.